The van der Waals surface area contributed by atoms with E-state index in [4.69, 9.17) is 11.6 Å². The van der Waals surface area contributed by atoms with Gasteiger partial charge in [0.2, 0.25) is 0 Å². The van der Waals surface area contributed by atoms with E-state index in [1.807, 2.05) is 12.1 Å². The van der Waals surface area contributed by atoms with Crippen molar-refractivity contribution < 1.29 is 13.6 Å². The van der Waals surface area contributed by atoms with Crippen LogP contribution >= 0.6 is 23.4 Å². The minimum absolute atomic E-state index is 0.0666. The number of hydrogen-bond donors (Lipinski definition) is 0. The van der Waals surface area contributed by atoms with Crippen molar-refractivity contribution >= 4 is 29.1 Å². The first-order chi connectivity index (χ1) is 9.56. The molecule has 5 heteroatoms. The third-order valence-electron chi connectivity index (χ3n) is 2.64. The fraction of sp³-hybridized carbons (Fsp3) is 0.133. The molecule has 0 saturated carbocycles. The average molecular weight is 313 g/mol. The zero-order valence-electron chi connectivity index (χ0n) is 10.4. The Hall–Kier alpha value is -1.39. The van der Waals surface area contributed by atoms with Crippen LogP contribution in [-0.2, 0) is 0 Å². The monoisotopic (exact) mass is 312 g/mol. The quantitative estimate of drug-likeness (QED) is 0.572. The van der Waals surface area contributed by atoms with E-state index in [0.29, 0.717) is 10.8 Å². The summed E-state index contributed by atoms with van der Waals surface area (Å²) in [6, 6.07) is 10.2. The van der Waals surface area contributed by atoms with Crippen LogP contribution in [0.2, 0.25) is 5.02 Å². The van der Waals surface area contributed by atoms with Crippen molar-refractivity contribution in [1.29, 1.82) is 0 Å². The highest BCUT2D eigenvalue weighted by Crippen LogP contribution is 2.22. The van der Waals surface area contributed by atoms with Crippen LogP contribution in [0.25, 0.3) is 0 Å². The lowest BCUT2D eigenvalue weighted by Crippen LogP contribution is -2.04. The van der Waals surface area contributed by atoms with E-state index in [0.717, 1.165) is 17.0 Å². The number of ketones is 1. The van der Waals surface area contributed by atoms with E-state index in [1.54, 1.807) is 12.1 Å². The van der Waals surface area contributed by atoms with Gasteiger partial charge in [0.15, 0.2) is 5.78 Å². The van der Waals surface area contributed by atoms with Crippen LogP contribution in [0.5, 0.6) is 0 Å². The number of hydrogen-bond acceptors (Lipinski definition) is 2. The largest absolute Gasteiger partial charge is 0.294 e. The number of halogens is 3. The van der Waals surface area contributed by atoms with Gasteiger partial charge in [-0.25, -0.2) is 8.78 Å². The van der Waals surface area contributed by atoms with Gasteiger partial charge in [-0.05, 0) is 36.4 Å². The first kappa shape index (κ1) is 15.0. The van der Waals surface area contributed by atoms with Crippen molar-refractivity contribution in [3.8, 4) is 0 Å². The second-order valence-corrected chi connectivity index (χ2v) is 5.70. The predicted octanol–water partition coefficient (Wildman–Crippen LogP) is 4.98. The topological polar surface area (TPSA) is 17.1 Å². The van der Waals surface area contributed by atoms with E-state index >= 15 is 0 Å². The summed E-state index contributed by atoms with van der Waals surface area (Å²) in [5.74, 6) is -1.30. The van der Waals surface area contributed by atoms with Gasteiger partial charge >= 0.3 is 0 Å². The van der Waals surface area contributed by atoms with Crippen molar-refractivity contribution in [2.75, 3.05) is 5.75 Å². The zero-order valence-corrected chi connectivity index (χ0v) is 12.0. The first-order valence-electron chi connectivity index (χ1n) is 5.93. The molecule has 0 amide bonds. The van der Waals surface area contributed by atoms with Gasteiger partial charge in [0.05, 0.1) is 5.56 Å². The minimum atomic E-state index is -0.813. The van der Waals surface area contributed by atoms with Gasteiger partial charge in [-0.1, -0.05) is 11.6 Å². The highest BCUT2D eigenvalue weighted by Gasteiger charge is 2.12. The number of rotatable bonds is 5. The van der Waals surface area contributed by atoms with Gasteiger partial charge in [-0.15, -0.1) is 11.8 Å². The maximum atomic E-state index is 13.4. The Labute approximate surface area is 125 Å². The second-order valence-electron chi connectivity index (χ2n) is 4.10. The van der Waals surface area contributed by atoms with Crippen molar-refractivity contribution in [3.63, 3.8) is 0 Å². The highest BCUT2D eigenvalue weighted by atomic mass is 35.5. The Balaban J connectivity index is 1.90. The Morgan fingerprint density at radius 3 is 2.45 bits per heavy atom. The summed E-state index contributed by atoms with van der Waals surface area (Å²) in [6.45, 7) is 0. The van der Waals surface area contributed by atoms with Crippen LogP contribution in [0.4, 0.5) is 8.78 Å². The van der Waals surface area contributed by atoms with Crippen LogP contribution in [0.15, 0.2) is 47.4 Å². The molecule has 0 atom stereocenters. The van der Waals surface area contributed by atoms with Crippen molar-refractivity contribution in [2.24, 2.45) is 0 Å². The SMILES string of the molecule is O=C(CCSc1ccc(Cl)cc1)c1ccc(F)cc1F. The van der Waals surface area contributed by atoms with Crippen LogP contribution in [0, 0.1) is 11.6 Å². The van der Waals surface area contributed by atoms with E-state index in [2.05, 4.69) is 0 Å². The van der Waals surface area contributed by atoms with Crippen molar-refractivity contribution in [1.82, 2.24) is 0 Å². The Morgan fingerprint density at radius 2 is 1.80 bits per heavy atom. The van der Waals surface area contributed by atoms with Crippen molar-refractivity contribution in [2.45, 2.75) is 11.3 Å². The molecule has 0 saturated heterocycles. The summed E-state index contributed by atoms with van der Waals surface area (Å²) >= 11 is 7.26. The Morgan fingerprint density at radius 1 is 1.10 bits per heavy atom. The van der Waals surface area contributed by atoms with Gasteiger partial charge in [0, 0.05) is 28.2 Å². The van der Waals surface area contributed by atoms with Gasteiger partial charge in [-0.2, -0.15) is 0 Å². The number of carbonyl (C=O) groups is 1. The summed E-state index contributed by atoms with van der Waals surface area (Å²) < 4.78 is 26.2. The molecule has 1 nitrogen and oxygen atoms in total. The van der Waals surface area contributed by atoms with Crippen molar-refractivity contribution in [3.05, 3.63) is 64.7 Å². The van der Waals surface area contributed by atoms with Gasteiger partial charge in [0.1, 0.15) is 11.6 Å². The molecule has 0 bridgehead atoms. The van der Waals surface area contributed by atoms with Gasteiger partial charge in [-0.3, -0.25) is 4.79 Å². The Bertz CT molecular complexity index is 614. The van der Waals surface area contributed by atoms with Crippen LogP contribution in [0.3, 0.4) is 0 Å². The second kappa shape index (κ2) is 6.86. The van der Waals surface area contributed by atoms with Crippen LogP contribution in [-0.4, -0.2) is 11.5 Å². The van der Waals surface area contributed by atoms with Crippen LogP contribution < -0.4 is 0 Å². The molecule has 0 heterocycles. The molecule has 0 N–H and O–H groups in total. The molecule has 104 valence electrons. The zero-order chi connectivity index (χ0) is 14.5. The molecule has 0 aliphatic heterocycles. The number of carbonyl (C=O) groups excluding carboxylic acids is 1. The lowest BCUT2D eigenvalue weighted by atomic mass is 10.1. The third-order valence-corrected chi connectivity index (χ3v) is 3.91. The molecule has 0 aromatic heterocycles. The van der Waals surface area contributed by atoms with E-state index in [-0.39, 0.29) is 17.8 Å². The molecular weight excluding hydrogens is 302 g/mol. The summed E-state index contributed by atoms with van der Waals surface area (Å²) in [5, 5.41) is 0.652. The summed E-state index contributed by atoms with van der Waals surface area (Å²) in [6.07, 6.45) is 0.190. The molecule has 0 fully saturated rings. The molecule has 20 heavy (non-hydrogen) atoms. The molecule has 0 aliphatic rings. The Kier molecular flexibility index (Phi) is 5.15. The lowest BCUT2D eigenvalue weighted by Gasteiger charge is -2.03. The molecular formula is C15H11ClF2OS. The average Bonchev–Trinajstić information content (AvgIpc) is 2.41. The van der Waals surface area contributed by atoms with E-state index in [9.17, 15) is 13.6 Å². The molecule has 0 aliphatic carbocycles. The minimum Gasteiger partial charge on any atom is -0.294 e. The fourth-order valence-electron chi connectivity index (χ4n) is 1.64. The number of Topliss-reactive ketones (excluding diaryl/α,β-unsaturated/α-hetero) is 1. The molecule has 2 aromatic rings. The molecule has 0 radical (unpaired) electrons. The smallest absolute Gasteiger partial charge is 0.166 e. The molecule has 2 rings (SSSR count). The number of benzene rings is 2. The maximum Gasteiger partial charge on any atom is 0.166 e. The van der Waals surface area contributed by atoms with E-state index < -0.39 is 11.6 Å². The molecule has 0 spiro atoms. The number of thioether (sulfide) groups is 1. The van der Waals surface area contributed by atoms with E-state index in [1.165, 1.54) is 17.8 Å². The standard InChI is InChI=1S/C15H11ClF2OS/c16-10-1-4-12(5-2-10)20-8-7-15(19)13-6-3-11(17)9-14(13)18/h1-6,9H,7-8H2. The van der Waals surface area contributed by atoms with Gasteiger partial charge < -0.3 is 0 Å². The van der Waals surface area contributed by atoms with Gasteiger partial charge in [0.25, 0.3) is 0 Å². The third kappa shape index (κ3) is 4.05. The highest BCUT2D eigenvalue weighted by molar-refractivity contribution is 7.99. The first-order valence-corrected chi connectivity index (χ1v) is 7.29. The summed E-state index contributed by atoms with van der Waals surface area (Å²) in [7, 11) is 0. The predicted molar refractivity (Wildman–Crippen MR) is 77.5 cm³/mol. The molecule has 0 unspecified atom stereocenters. The van der Waals surface area contributed by atoms with Crippen LogP contribution in [0.1, 0.15) is 16.8 Å². The fourth-order valence-corrected chi connectivity index (χ4v) is 2.62. The normalized spacial score (nSPS) is 10.6. The summed E-state index contributed by atoms with van der Waals surface area (Å²) in [4.78, 5) is 12.8. The summed E-state index contributed by atoms with van der Waals surface area (Å²) in [5.41, 5.74) is -0.0666. The lowest BCUT2D eigenvalue weighted by molar-refractivity contribution is 0.0985. The maximum absolute atomic E-state index is 13.4. The molecule has 2 aromatic carbocycles.